The van der Waals surface area contributed by atoms with E-state index in [0.29, 0.717) is 24.3 Å². The zero-order chi connectivity index (χ0) is 14.3. The Labute approximate surface area is 115 Å². The number of aromatic amines is 1. The molecule has 1 aromatic carbocycles. The van der Waals surface area contributed by atoms with E-state index in [4.69, 9.17) is 5.73 Å². The van der Waals surface area contributed by atoms with Crippen LogP contribution in [0.25, 0.3) is 10.9 Å². The monoisotopic (exact) mass is 272 g/mol. The number of nitrogens with one attached hydrogen (secondary N) is 2. The minimum Gasteiger partial charge on any atom is -0.399 e. The summed E-state index contributed by atoms with van der Waals surface area (Å²) in [4.78, 5) is 28.9. The standard InChI is InChI=1S/C14H16N4O2/c1-8-13(19)16-4-5-18(8)14(20)11-7-17-12-6-9(15)2-3-10(11)12/h2-3,6-8,17H,4-5,15H2,1H3,(H,16,19). The van der Waals surface area contributed by atoms with Crippen molar-refractivity contribution in [3.05, 3.63) is 30.0 Å². The number of rotatable bonds is 1. The van der Waals surface area contributed by atoms with Gasteiger partial charge in [-0.25, -0.2) is 0 Å². The van der Waals surface area contributed by atoms with Crippen molar-refractivity contribution in [3.8, 4) is 0 Å². The van der Waals surface area contributed by atoms with E-state index in [-0.39, 0.29) is 11.8 Å². The van der Waals surface area contributed by atoms with E-state index in [1.807, 2.05) is 6.07 Å². The lowest BCUT2D eigenvalue weighted by Gasteiger charge is -2.32. The van der Waals surface area contributed by atoms with Gasteiger partial charge in [0.25, 0.3) is 5.91 Å². The van der Waals surface area contributed by atoms with Crippen molar-refractivity contribution in [2.45, 2.75) is 13.0 Å². The van der Waals surface area contributed by atoms with Gasteiger partial charge in [-0.05, 0) is 25.1 Å². The van der Waals surface area contributed by atoms with E-state index in [1.54, 1.807) is 30.2 Å². The molecule has 1 atom stereocenters. The Bertz CT molecular complexity index is 692. The Morgan fingerprint density at radius 2 is 2.25 bits per heavy atom. The summed E-state index contributed by atoms with van der Waals surface area (Å²) in [5.74, 6) is -0.253. The predicted octanol–water partition coefficient (Wildman–Crippen LogP) is 0.711. The number of fused-ring (bicyclic) bond motifs is 1. The molecule has 1 fully saturated rings. The maximum Gasteiger partial charge on any atom is 0.256 e. The van der Waals surface area contributed by atoms with Crippen molar-refractivity contribution >= 4 is 28.4 Å². The van der Waals surface area contributed by atoms with Gasteiger partial charge in [-0.1, -0.05) is 0 Å². The average Bonchev–Trinajstić information content (AvgIpc) is 2.84. The number of aromatic nitrogens is 1. The van der Waals surface area contributed by atoms with Crippen LogP contribution in [0.4, 0.5) is 5.69 Å². The molecular weight excluding hydrogens is 256 g/mol. The van der Waals surface area contributed by atoms with Crippen LogP contribution in [0.1, 0.15) is 17.3 Å². The first-order chi connectivity index (χ1) is 9.58. The highest BCUT2D eigenvalue weighted by atomic mass is 16.2. The minimum atomic E-state index is -0.449. The Morgan fingerprint density at radius 3 is 3.05 bits per heavy atom. The summed E-state index contributed by atoms with van der Waals surface area (Å²) in [6, 6.07) is 4.93. The quantitative estimate of drug-likeness (QED) is 0.668. The van der Waals surface area contributed by atoms with Crippen LogP contribution in [-0.4, -0.2) is 40.8 Å². The molecule has 0 bridgehead atoms. The first kappa shape index (κ1) is 12.5. The maximum atomic E-state index is 12.6. The van der Waals surface area contributed by atoms with Crippen molar-refractivity contribution in [1.82, 2.24) is 15.2 Å². The zero-order valence-electron chi connectivity index (χ0n) is 11.1. The summed E-state index contributed by atoms with van der Waals surface area (Å²) >= 11 is 0. The fraction of sp³-hybridized carbons (Fsp3) is 0.286. The van der Waals surface area contributed by atoms with Crippen LogP contribution in [0.15, 0.2) is 24.4 Å². The number of H-pyrrole nitrogens is 1. The van der Waals surface area contributed by atoms with Gasteiger partial charge >= 0.3 is 0 Å². The molecule has 1 unspecified atom stereocenters. The van der Waals surface area contributed by atoms with E-state index in [0.717, 1.165) is 10.9 Å². The van der Waals surface area contributed by atoms with Gasteiger partial charge in [-0.3, -0.25) is 9.59 Å². The summed E-state index contributed by atoms with van der Waals surface area (Å²) in [5, 5.41) is 3.57. The van der Waals surface area contributed by atoms with E-state index < -0.39 is 6.04 Å². The van der Waals surface area contributed by atoms with Crippen molar-refractivity contribution < 1.29 is 9.59 Å². The molecule has 3 rings (SSSR count). The number of benzene rings is 1. The van der Waals surface area contributed by atoms with Gasteiger partial charge in [-0.2, -0.15) is 0 Å². The van der Waals surface area contributed by atoms with Crippen molar-refractivity contribution in [2.75, 3.05) is 18.8 Å². The number of nitrogens with two attached hydrogens (primary N) is 1. The van der Waals surface area contributed by atoms with Crippen molar-refractivity contribution in [2.24, 2.45) is 0 Å². The molecular formula is C14H16N4O2. The summed E-state index contributed by atoms with van der Waals surface area (Å²) in [7, 11) is 0. The Hall–Kier alpha value is -2.50. The van der Waals surface area contributed by atoms with Crippen LogP contribution < -0.4 is 11.1 Å². The van der Waals surface area contributed by atoms with E-state index in [2.05, 4.69) is 10.3 Å². The number of carbonyl (C=O) groups excluding carboxylic acids is 2. The summed E-state index contributed by atoms with van der Waals surface area (Å²) in [5.41, 5.74) is 7.76. The Kier molecular flexibility index (Phi) is 2.85. The van der Waals surface area contributed by atoms with Crippen LogP contribution >= 0.6 is 0 Å². The third-order valence-electron chi connectivity index (χ3n) is 3.70. The first-order valence-electron chi connectivity index (χ1n) is 6.53. The van der Waals surface area contributed by atoms with Gasteiger partial charge in [0.05, 0.1) is 5.56 Å². The lowest BCUT2D eigenvalue weighted by Crippen LogP contribution is -2.55. The van der Waals surface area contributed by atoms with E-state index in [9.17, 15) is 9.59 Å². The van der Waals surface area contributed by atoms with Crippen molar-refractivity contribution in [3.63, 3.8) is 0 Å². The number of anilines is 1. The van der Waals surface area contributed by atoms with Gasteiger partial charge in [0.1, 0.15) is 6.04 Å². The molecule has 20 heavy (non-hydrogen) atoms. The third kappa shape index (κ3) is 1.89. The second-order valence-electron chi connectivity index (χ2n) is 4.97. The van der Waals surface area contributed by atoms with Gasteiger partial charge in [0.15, 0.2) is 0 Å². The number of amides is 2. The zero-order valence-corrected chi connectivity index (χ0v) is 11.1. The number of carbonyl (C=O) groups is 2. The second-order valence-corrected chi connectivity index (χ2v) is 4.97. The molecule has 0 saturated carbocycles. The molecule has 0 spiro atoms. The highest BCUT2D eigenvalue weighted by Crippen LogP contribution is 2.23. The first-order valence-corrected chi connectivity index (χ1v) is 6.53. The Balaban J connectivity index is 1.98. The van der Waals surface area contributed by atoms with Gasteiger partial charge in [0.2, 0.25) is 5.91 Å². The van der Waals surface area contributed by atoms with Gasteiger partial charge < -0.3 is 20.9 Å². The van der Waals surface area contributed by atoms with Crippen molar-refractivity contribution in [1.29, 1.82) is 0 Å². The van der Waals surface area contributed by atoms with E-state index >= 15 is 0 Å². The minimum absolute atomic E-state index is 0.117. The topological polar surface area (TPSA) is 91.2 Å². The van der Waals surface area contributed by atoms with Gasteiger partial charge in [0, 0.05) is 35.9 Å². The number of hydrogen-bond acceptors (Lipinski definition) is 3. The molecule has 104 valence electrons. The molecule has 0 aliphatic carbocycles. The second kappa shape index (κ2) is 4.56. The molecule has 2 aromatic rings. The molecule has 6 heteroatoms. The fourth-order valence-corrected chi connectivity index (χ4v) is 2.54. The number of hydrogen-bond donors (Lipinski definition) is 3. The number of nitrogen functional groups attached to an aromatic ring is 1. The lowest BCUT2D eigenvalue weighted by atomic mass is 10.1. The van der Waals surface area contributed by atoms with Crippen LogP contribution in [0, 0.1) is 0 Å². The third-order valence-corrected chi connectivity index (χ3v) is 3.70. The van der Waals surface area contributed by atoms with Gasteiger partial charge in [-0.15, -0.1) is 0 Å². The summed E-state index contributed by atoms with van der Waals surface area (Å²) < 4.78 is 0. The molecule has 0 radical (unpaired) electrons. The van der Waals surface area contributed by atoms with Crippen LogP contribution in [0.2, 0.25) is 0 Å². The Morgan fingerprint density at radius 1 is 1.45 bits per heavy atom. The molecule has 1 aromatic heterocycles. The van der Waals surface area contributed by atoms with Crippen LogP contribution in [0.3, 0.4) is 0 Å². The molecule has 2 heterocycles. The summed E-state index contributed by atoms with van der Waals surface area (Å²) in [6.07, 6.45) is 1.67. The highest BCUT2D eigenvalue weighted by molar-refractivity contribution is 6.08. The van der Waals surface area contributed by atoms with E-state index in [1.165, 1.54) is 0 Å². The molecule has 4 N–H and O–H groups in total. The molecule has 1 aliphatic rings. The van der Waals surface area contributed by atoms with Crippen LogP contribution in [-0.2, 0) is 4.79 Å². The maximum absolute atomic E-state index is 12.6. The lowest BCUT2D eigenvalue weighted by molar-refractivity contribution is -0.127. The molecule has 2 amide bonds. The van der Waals surface area contributed by atoms with Crippen LogP contribution in [0.5, 0.6) is 0 Å². The molecule has 6 nitrogen and oxygen atoms in total. The molecule has 1 saturated heterocycles. The number of nitrogens with zero attached hydrogens (tertiary/aromatic N) is 1. The SMILES string of the molecule is CC1C(=O)NCCN1C(=O)c1c[nH]c2cc(N)ccc12. The normalized spacial score (nSPS) is 19.1. The predicted molar refractivity (Wildman–Crippen MR) is 76.2 cm³/mol. The largest absolute Gasteiger partial charge is 0.399 e. The highest BCUT2D eigenvalue weighted by Gasteiger charge is 2.30. The molecule has 1 aliphatic heterocycles. The smallest absolute Gasteiger partial charge is 0.256 e. The fourth-order valence-electron chi connectivity index (χ4n) is 2.54. The number of piperazine rings is 1. The average molecular weight is 272 g/mol. The summed E-state index contributed by atoms with van der Waals surface area (Å²) in [6.45, 7) is 2.75.